The molecule has 4 atom stereocenters. The van der Waals surface area contributed by atoms with Gasteiger partial charge in [-0.2, -0.15) is 0 Å². The molecule has 2 saturated heterocycles. The normalized spacial score (nSPS) is 32.6. The fraction of sp³-hybridized carbons (Fsp3) is 0.636. The zero-order chi connectivity index (χ0) is 21.0. The SMILES string of the molecule is CC1=C2B(O)O[C@H](c3ccc(CO)o3)C[C@H]2[C@H]2C(=O)N(C3CCCCC3)C(=O)[C@H]2C1. The Morgan fingerprint density at radius 1 is 1.13 bits per heavy atom. The van der Waals surface area contributed by atoms with Crippen LogP contribution in [0.5, 0.6) is 0 Å². The summed E-state index contributed by atoms with van der Waals surface area (Å²) >= 11 is 0. The van der Waals surface area contributed by atoms with E-state index < -0.39 is 19.1 Å². The van der Waals surface area contributed by atoms with Gasteiger partial charge in [-0.05, 0) is 56.1 Å². The van der Waals surface area contributed by atoms with Crippen LogP contribution in [-0.4, -0.2) is 40.0 Å². The summed E-state index contributed by atoms with van der Waals surface area (Å²) < 4.78 is 11.5. The van der Waals surface area contributed by atoms with Gasteiger partial charge in [0.1, 0.15) is 24.2 Å². The van der Waals surface area contributed by atoms with Crippen LogP contribution in [0.25, 0.3) is 0 Å². The first-order valence-electron chi connectivity index (χ1n) is 11.1. The quantitative estimate of drug-likeness (QED) is 0.584. The van der Waals surface area contributed by atoms with E-state index in [2.05, 4.69) is 0 Å². The van der Waals surface area contributed by atoms with Crippen LogP contribution in [0.3, 0.4) is 0 Å². The van der Waals surface area contributed by atoms with Crippen LogP contribution in [0.1, 0.15) is 69.5 Å². The highest BCUT2D eigenvalue weighted by Crippen LogP contribution is 2.52. The van der Waals surface area contributed by atoms with Crippen molar-refractivity contribution in [2.24, 2.45) is 17.8 Å². The molecule has 1 aromatic heterocycles. The first-order chi connectivity index (χ1) is 14.5. The Labute approximate surface area is 176 Å². The van der Waals surface area contributed by atoms with Gasteiger partial charge in [-0.3, -0.25) is 14.5 Å². The second kappa shape index (κ2) is 7.66. The van der Waals surface area contributed by atoms with Gasteiger partial charge in [0.25, 0.3) is 0 Å². The molecule has 1 saturated carbocycles. The minimum Gasteiger partial charge on any atom is -0.461 e. The van der Waals surface area contributed by atoms with Crippen LogP contribution in [0.15, 0.2) is 27.6 Å². The molecule has 1 aromatic rings. The maximum Gasteiger partial charge on any atom is 0.487 e. The Bertz CT molecular complexity index is 888. The van der Waals surface area contributed by atoms with Gasteiger partial charge in [-0.1, -0.05) is 24.8 Å². The van der Waals surface area contributed by atoms with Gasteiger partial charge in [0.15, 0.2) is 0 Å². The second-order valence-corrected chi connectivity index (χ2v) is 9.19. The summed E-state index contributed by atoms with van der Waals surface area (Å²) in [6.45, 7) is 1.72. The smallest absolute Gasteiger partial charge is 0.461 e. The molecule has 3 fully saturated rings. The average molecular weight is 413 g/mol. The number of nitrogens with zero attached hydrogens (tertiary/aromatic N) is 1. The number of allylic oxidation sites excluding steroid dienone is 2. The number of imide groups is 1. The number of amides is 2. The van der Waals surface area contributed by atoms with Gasteiger partial charge in [-0.15, -0.1) is 0 Å². The van der Waals surface area contributed by atoms with Crippen LogP contribution in [0.2, 0.25) is 0 Å². The lowest BCUT2D eigenvalue weighted by atomic mass is 9.55. The molecule has 2 aliphatic heterocycles. The summed E-state index contributed by atoms with van der Waals surface area (Å²) in [5, 5.41) is 20.1. The summed E-state index contributed by atoms with van der Waals surface area (Å²) in [7, 11) is -1.12. The fourth-order valence-electron chi connectivity index (χ4n) is 6.12. The third-order valence-electron chi connectivity index (χ3n) is 7.49. The van der Waals surface area contributed by atoms with Crippen molar-refractivity contribution in [3.8, 4) is 0 Å². The summed E-state index contributed by atoms with van der Waals surface area (Å²) in [6.07, 6.45) is 5.53. The van der Waals surface area contributed by atoms with E-state index in [0.717, 1.165) is 43.1 Å². The topological polar surface area (TPSA) is 100 Å². The van der Waals surface area contributed by atoms with Crippen molar-refractivity contribution in [1.82, 2.24) is 4.90 Å². The molecule has 0 aromatic carbocycles. The van der Waals surface area contributed by atoms with Crippen molar-refractivity contribution in [3.05, 3.63) is 34.7 Å². The van der Waals surface area contributed by atoms with Crippen LogP contribution in [-0.2, 0) is 20.9 Å². The van der Waals surface area contributed by atoms with E-state index in [1.807, 2.05) is 6.92 Å². The lowest BCUT2D eigenvalue weighted by molar-refractivity contribution is -0.143. The molecule has 5 rings (SSSR count). The molecule has 7 nitrogen and oxygen atoms in total. The number of fused-ring (bicyclic) bond motifs is 3. The number of likely N-dealkylation sites (tertiary alicyclic amines) is 1. The highest BCUT2D eigenvalue weighted by Gasteiger charge is 2.58. The summed E-state index contributed by atoms with van der Waals surface area (Å²) in [5.74, 6) is -0.181. The Kier molecular flexibility index (Phi) is 5.12. The molecule has 0 radical (unpaired) electrons. The third kappa shape index (κ3) is 3.08. The second-order valence-electron chi connectivity index (χ2n) is 9.19. The summed E-state index contributed by atoms with van der Waals surface area (Å²) in [4.78, 5) is 28.4. The molecule has 0 bridgehead atoms. The zero-order valence-corrected chi connectivity index (χ0v) is 17.3. The highest BCUT2D eigenvalue weighted by molar-refractivity contribution is 6.53. The first-order valence-corrected chi connectivity index (χ1v) is 11.1. The van der Waals surface area contributed by atoms with Crippen molar-refractivity contribution in [2.45, 2.75) is 70.6 Å². The zero-order valence-electron chi connectivity index (χ0n) is 17.3. The first kappa shape index (κ1) is 20.0. The number of rotatable bonds is 3. The van der Waals surface area contributed by atoms with Crippen LogP contribution in [0.4, 0.5) is 0 Å². The molecule has 3 heterocycles. The number of hydrogen-bond donors (Lipinski definition) is 2. The average Bonchev–Trinajstić information content (AvgIpc) is 3.31. The molecule has 30 heavy (non-hydrogen) atoms. The molecular formula is C22H28BNO6. The van der Waals surface area contributed by atoms with E-state index in [-0.39, 0.29) is 36.3 Å². The Morgan fingerprint density at radius 3 is 2.60 bits per heavy atom. The van der Waals surface area contributed by atoms with E-state index in [0.29, 0.717) is 24.4 Å². The molecule has 4 aliphatic rings. The van der Waals surface area contributed by atoms with Crippen molar-refractivity contribution < 1.29 is 28.8 Å². The molecule has 8 heteroatoms. The van der Waals surface area contributed by atoms with Crippen molar-refractivity contribution in [1.29, 1.82) is 0 Å². The summed E-state index contributed by atoms with van der Waals surface area (Å²) in [6, 6.07) is 3.44. The molecule has 0 spiro atoms. The van der Waals surface area contributed by atoms with E-state index in [1.165, 1.54) is 0 Å². The van der Waals surface area contributed by atoms with Gasteiger partial charge in [0.2, 0.25) is 11.8 Å². The van der Waals surface area contributed by atoms with E-state index in [1.54, 1.807) is 17.0 Å². The van der Waals surface area contributed by atoms with Crippen LogP contribution in [0, 0.1) is 17.8 Å². The minimum absolute atomic E-state index is 0.0193. The van der Waals surface area contributed by atoms with Gasteiger partial charge < -0.3 is 19.2 Å². The molecule has 2 amide bonds. The highest BCUT2D eigenvalue weighted by atomic mass is 16.5. The predicted molar refractivity (Wildman–Crippen MR) is 108 cm³/mol. The minimum atomic E-state index is -1.12. The molecule has 2 N–H and O–H groups in total. The van der Waals surface area contributed by atoms with Gasteiger partial charge in [-0.25, -0.2) is 0 Å². The van der Waals surface area contributed by atoms with Crippen LogP contribution >= 0.6 is 0 Å². The van der Waals surface area contributed by atoms with E-state index in [9.17, 15) is 19.7 Å². The lowest BCUT2D eigenvalue weighted by Gasteiger charge is -2.41. The van der Waals surface area contributed by atoms with Gasteiger partial charge in [0, 0.05) is 6.04 Å². The number of aliphatic hydroxyl groups excluding tert-OH is 1. The monoisotopic (exact) mass is 413 g/mol. The maximum atomic E-state index is 13.5. The van der Waals surface area contributed by atoms with Crippen LogP contribution < -0.4 is 0 Å². The van der Waals surface area contributed by atoms with Crippen molar-refractivity contribution in [3.63, 3.8) is 0 Å². The van der Waals surface area contributed by atoms with E-state index in [4.69, 9.17) is 9.07 Å². The number of furan rings is 1. The Hall–Kier alpha value is -1.90. The molecular weight excluding hydrogens is 385 g/mol. The largest absolute Gasteiger partial charge is 0.487 e. The fourth-order valence-corrected chi connectivity index (χ4v) is 6.12. The molecule has 0 unspecified atom stereocenters. The third-order valence-corrected chi connectivity index (χ3v) is 7.49. The number of aliphatic hydroxyl groups is 1. The Balaban J connectivity index is 1.46. The summed E-state index contributed by atoms with van der Waals surface area (Å²) in [5.41, 5.74) is 1.71. The van der Waals surface area contributed by atoms with Crippen molar-refractivity contribution >= 4 is 18.9 Å². The van der Waals surface area contributed by atoms with Gasteiger partial charge in [0.05, 0.1) is 11.8 Å². The number of hydrogen-bond acceptors (Lipinski definition) is 6. The van der Waals surface area contributed by atoms with E-state index >= 15 is 0 Å². The standard InChI is InChI=1S/C22H28BNO6/c1-12-9-16-19(22(27)24(21(16)26)13-5-3-2-4-6-13)15-10-18(30-23(28)20(12)15)17-8-7-14(11-25)29-17/h7-8,13,15-16,18-19,25,28H,2-6,9-11H2,1H3/t15-,16-,18-,19+/m0/s1. The van der Waals surface area contributed by atoms with Gasteiger partial charge >= 0.3 is 7.12 Å². The number of carbonyl (C=O) groups is 2. The number of carbonyl (C=O) groups excluding carboxylic acids is 2. The molecule has 160 valence electrons. The lowest BCUT2D eigenvalue weighted by Crippen LogP contribution is -2.45. The Morgan fingerprint density at radius 2 is 1.90 bits per heavy atom. The predicted octanol–water partition coefficient (Wildman–Crippen LogP) is 2.52. The maximum absolute atomic E-state index is 13.5. The van der Waals surface area contributed by atoms with Crippen molar-refractivity contribution in [2.75, 3.05) is 0 Å². The molecule has 2 aliphatic carbocycles.